The molecule has 3 aromatic rings. The summed E-state index contributed by atoms with van der Waals surface area (Å²) in [6.07, 6.45) is -2.95. The largest absolute Gasteiger partial charge is 0.493 e. The van der Waals surface area contributed by atoms with Gasteiger partial charge in [-0.25, -0.2) is 0 Å². The number of para-hydroxylation sites is 1. The van der Waals surface area contributed by atoms with Crippen molar-refractivity contribution in [1.82, 2.24) is 0 Å². The summed E-state index contributed by atoms with van der Waals surface area (Å²) in [5, 5.41) is 0.606. The number of carbonyl (C=O) groups excluding carboxylic acids is 1. The number of carbonyl (C=O) groups is 1. The minimum Gasteiger partial charge on any atom is -0.493 e. The van der Waals surface area contributed by atoms with E-state index in [1.54, 1.807) is 36.4 Å². The van der Waals surface area contributed by atoms with Crippen molar-refractivity contribution in [2.75, 3.05) is 12.0 Å². The molecule has 1 fully saturated rings. The van der Waals surface area contributed by atoms with Gasteiger partial charge in [-0.1, -0.05) is 65.9 Å². The molecule has 1 amide bonds. The predicted octanol–water partition coefficient (Wildman–Crippen LogP) is 7.35. The molecule has 0 radical (unpaired) electrons. The van der Waals surface area contributed by atoms with Gasteiger partial charge in [-0.15, -0.1) is 0 Å². The van der Waals surface area contributed by atoms with Gasteiger partial charge in [0.05, 0.1) is 23.3 Å². The zero-order valence-corrected chi connectivity index (χ0v) is 20.5. The number of hydrogen-bond acceptors (Lipinski definition) is 5. The first kappa shape index (κ1) is 25.1. The first-order valence-corrected chi connectivity index (χ1v) is 11.8. The molecule has 3 aromatic carbocycles. The normalized spacial score (nSPS) is 15.1. The van der Waals surface area contributed by atoms with Gasteiger partial charge in [0, 0.05) is 10.6 Å². The van der Waals surface area contributed by atoms with Gasteiger partial charge in [0.15, 0.2) is 15.8 Å². The van der Waals surface area contributed by atoms with Crippen molar-refractivity contribution in [2.45, 2.75) is 12.8 Å². The van der Waals surface area contributed by atoms with E-state index in [-0.39, 0.29) is 21.5 Å². The summed E-state index contributed by atoms with van der Waals surface area (Å²) in [4.78, 5) is 14.5. The molecule has 0 atom stereocenters. The molecule has 0 aromatic heterocycles. The van der Waals surface area contributed by atoms with Crippen molar-refractivity contribution in [1.29, 1.82) is 0 Å². The number of alkyl halides is 3. The maximum Gasteiger partial charge on any atom is 0.416 e. The molecule has 180 valence electrons. The highest BCUT2D eigenvalue weighted by Gasteiger charge is 2.36. The Morgan fingerprint density at radius 3 is 2.49 bits per heavy atom. The number of benzene rings is 3. The van der Waals surface area contributed by atoms with Crippen LogP contribution in [0.5, 0.6) is 11.5 Å². The Labute approximate surface area is 214 Å². The summed E-state index contributed by atoms with van der Waals surface area (Å²) in [5.41, 5.74) is 0.624. The molecule has 1 aliphatic heterocycles. The van der Waals surface area contributed by atoms with E-state index in [1.807, 2.05) is 12.1 Å². The number of methoxy groups -OCH3 is 1. The van der Waals surface area contributed by atoms with Gasteiger partial charge >= 0.3 is 6.18 Å². The molecular formula is C25H17ClF3NO3S2. The van der Waals surface area contributed by atoms with E-state index < -0.39 is 17.6 Å². The number of rotatable bonds is 6. The fraction of sp³-hybridized carbons (Fsp3) is 0.120. The molecule has 0 unspecified atom stereocenters. The number of thiocarbonyl (C=S) groups is 1. The predicted molar refractivity (Wildman–Crippen MR) is 136 cm³/mol. The summed E-state index contributed by atoms with van der Waals surface area (Å²) < 4.78 is 51.1. The number of hydrogen-bond donors (Lipinski definition) is 0. The zero-order chi connectivity index (χ0) is 25.2. The Hall–Kier alpha value is -3.01. The molecule has 10 heteroatoms. The Bertz CT molecular complexity index is 1310. The number of anilines is 1. The first-order valence-electron chi connectivity index (χ1n) is 10.2. The Balaban J connectivity index is 1.64. The smallest absolute Gasteiger partial charge is 0.416 e. The molecule has 1 aliphatic rings. The molecule has 1 heterocycles. The van der Waals surface area contributed by atoms with Crippen molar-refractivity contribution in [3.63, 3.8) is 0 Å². The lowest BCUT2D eigenvalue weighted by Gasteiger charge is -2.16. The van der Waals surface area contributed by atoms with Crippen molar-refractivity contribution >= 4 is 57.6 Å². The summed E-state index contributed by atoms with van der Waals surface area (Å²) >= 11 is 12.3. The Kier molecular flexibility index (Phi) is 7.39. The third-order valence-corrected chi connectivity index (χ3v) is 6.59. The van der Waals surface area contributed by atoms with Gasteiger partial charge in [-0.3, -0.25) is 9.69 Å². The van der Waals surface area contributed by atoms with Gasteiger partial charge in [-0.2, -0.15) is 13.2 Å². The van der Waals surface area contributed by atoms with E-state index in [0.717, 1.165) is 34.4 Å². The van der Waals surface area contributed by atoms with Gasteiger partial charge in [0.2, 0.25) is 0 Å². The highest BCUT2D eigenvalue weighted by atomic mass is 35.5. The molecule has 0 N–H and O–H groups in total. The standard InChI is InChI=1S/C25H17ClF3NO3S2/c1-32-20-7-2-4-16(22(20)33-14-15-8-10-18(26)11-9-15)12-21-23(31)30(24(34)35-21)19-6-3-5-17(13-19)25(27,28)29/h2-13H,14H2,1H3/b21-12-. The summed E-state index contributed by atoms with van der Waals surface area (Å²) in [6.45, 7) is 0.226. The van der Waals surface area contributed by atoms with Gasteiger partial charge < -0.3 is 9.47 Å². The number of nitrogens with zero attached hydrogens (tertiary/aromatic N) is 1. The molecule has 0 bridgehead atoms. The lowest BCUT2D eigenvalue weighted by molar-refractivity contribution is -0.137. The minimum atomic E-state index is -4.54. The van der Waals surface area contributed by atoms with Crippen molar-refractivity contribution in [2.24, 2.45) is 0 Å². The molecule has 4 rings (SSSR count). The second kappa shape index (κ2) is 10.3. The van der Waals surface area contributed by atoms with Crippen molar-refractivity contribution < 1.29 is 27.4 Å². The van der Waals surface area contributed by atoms with E-state index in [0.29, 0.717) is 22.1 Å². The number of ether oxygens (including phenoxy) is 2. The first-order chi connectivity index (χ1) is 16.7. The quantitative estimate of drug-likeness (QED) is 0.244. The van der Waals surface area contributed by atoms with E-state index in [4.69, 9.17) is 33.3 Å². The minimum absolute atomic E-state index is 0.0515. The lowest BCUT2D eigenvalue weighted by atomic mass is 10.1. The maximum atomic E-state index is 13.2. The van der Waals surface area contributed by atoms with Crippen LogP contribution in [-0.4, -0.2) is 17.3 Å². The summed E-state index contributed by atoms with van der Waals surface area (Å²) in [6, 6.07) is 16.9. The van der Waals surface area contributed by atoms with Crippen LogP contribution in [0, 0.1) is 0 Å². The highest BCUT2D eigenvalue weighted by Crippen LogP contribution is 2.40. The van der Waals surface area contributed by atoms with Gasteiger partial charge in [0.25, 0.3) is 5.91 Å². The van der Waals surface area contributed by atoms with Crippen LogP contribution < -0.4 is 14.4 Å². The SMILES string of the molecule is COc1cccc(/C=C2\SC(=S)N(c3cccc(C(F)(F)F)c3)C2=O)c1OCc1ccc(Cl)cc1. The number of halogens is 4. The van der Waals surface area contributed by atoms with Crippen molar-refractivity contribution in [3.05, 3.63) is 93.3 Å². The third kappa shape index (κ3) is 5.63. The second-order valence-electron chi connectivity index (χ2n) is 7.36. The second-order valence-corrected chi connectivity index (χ2v) is 9.47. The third-order valence-electron chi connectivity index (χ3n) is 5.04. The van der Waals surface area contributed by atoms with Gasteiger partial charge in [0.1, 0.15) is 6.61 Å². The Morgan fingerprint density at radius 2 is 1.80 bits per heavy atom. The van der Waals surface area contributed by atoms with Crippen LogP contribution in [0.1, 0.15) is 16.7 Å². The average molecular weight is 536 g/mol. The van der Waals surface area contributed by atoms with Crippen LogP contribution >= 0.6 is 35.6 Å². The number of amides is 1. The molecule has 1 saturated heterocycles. The molecule has 0 aliphatic carbocycles. The van der Waals surface area contributed by atoms with Crippen LogP contribution in [0.3, 0.4) is 0 Å². The van der Waals surface area contributed by atoms with E-state index in [9.17, 15) is 18.0 Å². The van der Waals surface area contributed by atoms with E-state index in [2.05, 4.69) is 0 Å². The monoisotopic (exact) mass is 535 g/mol. The lowest BCUT2D eigenvalue weighted by Crippen LogP contribution is -2.27. The molecular weight excluding hydrogens is 519 g/mol. The fourth-order valence-corrected chi connectivity index (χ4v) is 4.77. The van der Waals surface area contributed by atoms with Crippen LogP contribution in [0.15, 0.2) is 71.6 Å². The molecule has 0 saturated carbocycles. The van der Waals surface area contributed by atoms with Crippen LogP contribution in [0.4, 0.5) is 18.9 Å². The van der Waals surface area contributed by atoms with Crippen molar-refractivity contribution in [3.8, 4) is 11.5 Å². The molecule has 4 nitrogen and oxygen atoms in total. The summed E-state index contributed by atoms with van der Waals surface area (Å²) in [7, 11) is 1.50. The highest BCUT2D eigenvalue weighted by molar-refractivity contribution is 8.27. The van der Waals surface area contributed by atoms with Crippen LogP contribution in [-0.2, 0) is 17.6 Å². The van der Waals surface area contributed by atoms with Crippen LogP contribution in [0.25, 0.3) is 6.08 Å². The van der Waals surface area contributed by atoms with Crippen LogP contribution in [0.2, 0.25) is 5.02 Å². The zero-order valence-electron chi connectivity index (χ0n) is 18.1. The number of thioether (sulfide) groups is 1. The molecule has 0 spiro atoms. The topological polar surface area (TPSA) is 38.8 Å². The van der Waals surface area contributed by atoms with E-state index >= 15 is 0 Å². The fourth-order valence-electron chi connectivity index (χ4n) is 3.35. The molecule has 35 heavy (non-hydrogen) atoms. The summed E-state index contributed by atoms with van der Waals surface area (Å²) in [5.74, 6) is 0.348. The maximum absolute atomic E-state index is 13.2. The average Bonchev–Trinajstić information content (AvgIpc) is 3.11. The van der Waals surface area contributed by atoms with Gasteiger partial charge in [-0.05, 0) is 48.0 Å². The van der Waals surface area contributed by atoms with E-state index in [1.165, 1.54) is 19.2 Å². The Morgan fingerprint density at radius 1 is 1.09 bits per heavy atom.